The molecule has 5 heteroatoms. The molecule has 2 rings (SSSR count). The minimum absolute atomic E-state index is 0.0920. The molecule has 1 heterocycles. The summed E-state index contributed by atoms with van der Waals surface area (Å²) >= 11 is 6.06. The molecule has 0 spiro atoms. The Morgan fingerprint density at radius 2 is 2.10 bits per heavy atom. The van der Waals surface area contributed by atoms with Gasteiger partial charge < -0.3 is 9.47 Å². The van der Waals surface area contributed by atoms with E-state index in [9.17, 15) is 4.79 Å². The monoisotopic (exact) mass is 311 g/mol. The van der Waals surface area contributed by atoms with E-state index in [4.69, 9.17) is 21.1 Å². The predicted octanol–water partition coefficient (Wildman–Crippen LogP) is 3.03. The highest BCUT2D eigenvalue weighted by Crippen LogP contribution is 2.25. The first kappa shape index (κ1) is 16.3. The van der Waals surface area contributed by atoms with E-state index in [2.05, 4.69) is 4.90 Å². The summed E-state index contributed by atoms with van der Waals surface area (Å²) in [6.07, 6.45) is 2.33. The Labute approximate surface area is 131 Å². The van der Waals surface area contributed by atoms with E-state index in [1.54, 1.807) is 25.3 Å². The van der Waals surface area contributed by atoms with Gasteiger partial charge in [-0.1, -0.05) is 11.6 Å². The van der Waals surface area contributed by atoms with Gasteiger partial charge >= 0.3 is 0 Å². The summed E-state index contributed by atoms with van der Waals surface area (Å²) < 4.78 is 10.7. The first-order valence-corrected chi connectivity index (χ1v) is 7.72. The Kier molecular flexibility index (Phi) is 6.03. The molecule has 0 bridgehead atoms. The molecule has 0 N–H and O–H groups in total. The number of likely N-dealkylation sites (tertiary alicyclic amines) is 1. The Balaban J connectivity index is 1.89. The standard InChI is InChI=1S/C16H22ClNO3/c1-3-21-13-6-8-18(9-7-13)11-15(19)12-4-5-16(20-2)14(17)10-12/h4-5,10,13H,3,6-9,11H2,1-2H3. The van der Waals surface area contributed by atoms with Gasteiger partial charge in [-0.05, 0) is 38.0 Å². The van der Waals surface area contributed by atoms with E-state index < -0.39 is 0 Å². The Morgan fingerprint density at radius 1 is 1.38 bits per heavy atom. The molecule has 0 unspecified atom stereocenters. The van der Waals surface area contributed by atoms with Crippen LogP contribution in [0.2, 0.25) is 5.02 Å². The van der Waals surface area contributed by atoms with Crippen LogP contribution >= 0.6 is 11.6 Å². The third kappa shape index (κ3) is 4.43. The molecule has 0 radical (unpaired) electrons. The van der Waals surface area contributed by atoms with E-state index in [-0.39, 0.29) is 5.78 Å². The van der Waals surface area contributed by atoms with E-state index in [1.165, 1.54) is 0 Å². The molecular weight excluding hydrogens is 290 g/mol. The second-order valence-corrected chi connectivity index (χ2v) is 5.61. The SMILES string of the molecule is CCOC1CCN(CC(=O)c2ccc(OC)c(Cl)c2)CC1. The Bertz CT molecular complexity index is 484. The zero-order valence-corrected chi connectivity index (χ0v) is 13.4. The highest BCUT2D eigenvalue weighted by Gasteiger charge is 2.21. The lowest BCUT2D eigenvalue weighted by molar-refractivity contribution is 0.0147. The van der Waals surface area contributed by atoms with Gasteiger partial charge in [-0.15, -0.1) is 0 Å². The van der Waals surface area contributed by atoms with Crippen molar-refractivity contribution in [1.29, 1.82) is 0 Å². The van der Waals surface area contributed by atoms with E-state index >= 15 is 0 Å². The average molecular weight is 312 g/mol. The van der Waals surface area contributed by atoms with Gasteiger partial charge in [0.05, 0.1) is 24.8 Å². The van der Waals surface area contributed by atoms with Crippen molar-refractivity contribution >= 4 is 17.4 Å². The molecular formula is C16H22ClNO3. The normalized spacial score (nSPS) is 16.9. The van der Waals surface area contributed by atoms with E-state index in [1.807, 2.05) is 6.92 Å². The minimum atomic E-state index is 0.0920. The lowest BCUT2D eigenvalue weighted by Gasteiger charge is -2.31. The largest absolute Gasteiger partial charge is 0.495 e. The number of ketones is 1. The van der Waals surface area contributed by atoms with Gasteiger partial charge in [0.1, 0.15) is 5.75 Å². The number of benzene rings is 1. The summed E-state index contributed by atoms with van der Waals surface area (Å²) in [7, 11) is 1.56. The second-order valence-electron chi connectivity index (χ2n) is 5.20. The van der Waals surface area contributed by atoms with Crippen molar-refractivity contribution in [3.63, 3.8) is 0 Å². The lowest BCUT2D eigenvalue weighted by Crippen LogP contribution is -2.39. The molecule has 21 heavy (non-hydrogen) atoms. The molecule has 1 saturated heterocycles. The van der Waals surface area contributed by atoms with Crippen molar-refractivity contribution in [2.75, 3.05) is 33.4 Å². The number of carbonyl (C=O) groups excluding carboxylic acids is 1. The van der Waals surface area contributed by atoms with Gasteiger partial charge in [0.25, 0.3) is 0 Å². The maximum atomic E-state index is 12.3. The number of rotatable bonds is 6. The smallest absolute Gasteiger partial charge is 0.176 e. The maximum absolute atomic E-state index is 12.3. The van der Waals surface area contributed by atoms with Crippen LogP contribution in [-0.4, -0.2) is 50.1 Å². The van der Waals surface area contributed by atoms with Crippen LogP contribution in [0.1, 0.15) is 30.1 Å². The Hall–Kier alpha value is -1.10. The fourth-order valence-corrected chi connectivity index (χ4v) is 2.86. The zero-order valence-electron chi connectivity index (χ0n) is 12.6. The highest BCUT2D eigenvalue weighted by atomic mass is 35.5. The van der Waals surface area contributed by atoms with Crippen LogP contribution in [0.3, 0.4) is 0 Å². The van der Waals surface area contributed by atoms with Crippen molar-refractivity contribution in [3.05, 3.63) is 28.8 Å². The van der Waals surface area contributed by atoms with Gasteiger partial charge in [-0.2, -0.15) is 0 Å². The van der Waals surface area contributed by atoms with Crippen LogP contribution in [0.25, 0.3) is 0 Å². The number of halogens is 1. The number of carbonyl (C=O) groups is 1. The van der Waals surface area contributed by atoms with Crippen molar-refractivity contribution in [2.45, 2.75) is 25.9 Å². The molecule has 4 nitrogen and oxygen atoms in total. The molecule has 0 atom stereocenters. The highest BCUT2D eigenvalue weighted by molar-refractivity contribution is 6.32. The van der Waals surface area contributed by atoms with Crippen molar-refractivity contribution in [1.82, 2.24) is 4.90 Å². The molecule has 1 aliphatic rings. The van der Waals surface area contributed by atoms with Gasteiger partial charge in [0, 0.05) is 25.3 Å². The molecule has 1 aromatic carbocycles. The maximum Gasteiger partial charge on any atom is 0.176 e. The van der Waals surface area contributed by atoms with Gasteiger partial charge in [-0.3, -0.25) is 9.69 Å². The van der Waals surface area contributed by atoms with Crippen LogP contribution in [0, 0.1) is 0 Å². The van der Waals surface area contributed by atoms with Gasteiger partial charge in [-0.25, -0.2) is 0 Å². The number of Topliss-reactive ketones (excluding diaryl/α,β-unsaturated/α-hetero) is 1. The molecule has 1 fully saturated rings. The molecule has 1 aliphatic heterocycles. The number of ether oxygens (including phenoxy) is 2. The number of piperidine rings is 1. The van der Waals surface area contributed by atoms with Crippen LogP contribution in [0.15, 0.2) is 18.2 Å². The van der Waals surface area contributed by atoms with Crippen molar-refractivity contribution in [2.24, 2.45) is 0 Å². The fourth-order valence-electron chi connectivity index (χ4n) is 2.60. The third-order valence-corrected chi connectivity index (χ3v) is 4.07. The zero-order chi connectivity index (χ0) is 15.2. The topological polar surface area (TPSA) is 38.8 Å². The average Bonchev–Trinajstić information content (AvgIpc) is 2.49. The summed E-state index contributed by atoms with van der Waals surface area (Å²) in [6.45, 7) is 5.01. The molecule has 116 valence electrons. The van der Waals surface area contributed by atoms with Crippen LogP contribution in [0.5, 0.6) is 5.75 Å². The molecule has 1 aromatic rings. The summed E-state index contributed by atoms with van der Waals surface area (Å²) in [5, 5.41) is 0.471. The first-order chi connectivity index (χ1) is 10.1. The quantitative estimate of drug-likeness (QED) is 0.757. The van der Waals surface area contributed by atoms with Gasteiger partial charge in [0.2, 0.25) is 0 Å². The molecule has 0 amide bonds. The summed E-state index contributed by atoms with van der Waals surface area (Å²) in [4.78, 5) is 14.5. The number of hydrogen-bond acceptors (Lipinski definition) is 4. The first-order valence-electron chi connectivity index (χ1n) is 7.34. The third-order valence-electron chi connectivity index (χ3n) is 3.78. The number of hydrogen-bond donors (Lipinski definition) is 0. The van der Waals surface area contributed by atoms with E-state index in [0.29, 0.717) is 29.0 Å². The van der Waals surface area contributed by atoms with Crippen molar-refractivity contribution in [3.8, 4) is 5.75 Å². The molecule has 0 saturated carbocycles. The lowest BCUT2D eigenvalue weighted by atomic mass is 10.1. The van der Waals surface area contributed by atoms with Crippen molar-refractivity contribution < 1.29 is 14.3 Å². The second kappa shape index (κ2) is 7.78. The summed E-state index contributed by atoms with van der Waals surface area (Å²) in [6, 6.07) is 5.17. The van der Waals surface area contributed by atoms with Gasteiger partial charge in [0.15, 0.2) is 5.78 Å². The number of nitrogens with zero attached hydrogens (tertiary/aromatic N) is 1. The van der Waals surface area contributed by atoms with Crippen LogP contribution in [0.4, 0.5) is 0 Å². The molecule has 0 aliphatic carbocycles. The molecule has 0 aromatic heterocycles. The van der Waals surface area contributed by atoms with E-state index in [0.717, 1.165) is 32.5 Å². The van der Waals surface area contributed by atoms with Crippen LogP contribution in [-0.2, 0) is 4.74 Å². The predicted molar refractivity (Wildman–Crippen MR) is 83.4 cm³/mol. The summed E-state index contributed by atoms with van der Waals surface area (Å²) in [5.41, 5.74) is 0.632. The summed E-state index contributed by atoms with van der Waals surface area (Å²) in [5.74, 6) is 0.681. The Morgan fingerprint density at radius 3 is 2.67 bits per heavy atom. The van der Waals surface area contributed by atoms with Crippen LogP contribution < -0.4 is 4.74 Å². The number of methoxy groups -OCH3 is 1. The fraction of sp³-hybridized carbons (Fsp3) is 0.562. The minimum Gasteiger partial charge on any atom is -0.495 e.